The summed E-state index contributed by atoms with van der Waals surface area (Å²) in [5.41, 5.74) is -0.184. The Morgan fingerprint density at radius 1 is 1.11 bits per heavy atom. The summed E-state index contributed by atoms with van der Waals surface area (Å²) in [7, 11) is 2.43. The van der Waals surface area contributed by atoms with Crippen LogP contribution in [0.1, 0.15) is 0 Å². The highest BCUT2D eigenvalue weighted by atomic mass is 16.6. The highest BCUT2D eigenvalue weighted by molar-refractivity contribution is 6.06. The fourth-order valence-electron chi connectivity index (χ4n) is 1.76. The fraction of sp³-hybridized carbons (Fsp3) is 0.143. The molecule has 19 heavy (non-hydrogen) atoms. The molecule has 0 atom stereocenters. The Morgan fingerprint density at radius 2 is 1.79 bits per heavy atom. The summed E-state index contributed by atoms with van der Waals surface area (Å²) in [5.74, 6) is -1.49. The third-order valence-corrected chi connectivity index (χ3v) is 2.70. The first-order valence-corrected chi connectivity index (χ1v) is 5.61. The third kappa shape index (κ3) is 2.49. The maximum Gasteiger partial charge on any atom is 0.405 e. The van der Waals surface area contributed by atoms with E-state index in [0.29, 0.717) is 0 Å². The molecule has 0 N–H and O–H groups in total. The molecule has 0 radical (unpaired) electrons. The number of methoxy groups -OCH3 is 2. The lowest BCUT2D eigenvalue weighted by molar-refractivity contribution is -0.584. The van der Waals surface area contributed by atoms with Crippen LogP contribution in [0, 0.1) is 0 Å². The Bertz CT molecular complexity index is 649. The van der Waals surface area contributed by atoms with Crippen LogP contribution in [0.2, 0.25) is 0 Å². The van der Waals surface area contributed by atoms with E-state index in [9.17, 15) is 9.90 Å². The number of aromatic nitrogens is 1. The fourth-order valence-corrected chi connectivity index (χ4v) is 1.76. The highest BCUT2D eigenvalue weighted by Gasteiger charge is 2.23. The van der Waals surface area contributed by atoms with Crippen LogP contribution in [-0.4, -0.2) is 20.2 Å². The van der Waals surface area contributed by atoms with Gasteiger partial charge in [-0.15, -0.1) is 0 Å². The summed E-state index contributed by atoms with van der Waals surface area (Å²) in [4.78, 5) is 11.7. The van der Waals surface area contributed by atoms with Gasteiger partial charge in [-0.3, -0.25) is 0 Å². The van der Waals surface area contributed by atoms with Crippen LogP contribution in [0.5, 0.6) is 0 Å². The molecular weight excluding hydrogens is 246 g/mol. The van der Waals surface area contributed by atoms with Crippen molar-refractivity contribution in [3.8, 4) is 0 Å². The molecule has 5 heteroatoms. The molecule has 0 aliphatic carbocycles. The summed E-state index contributed by atoms with van der Waals surface area (Å²) >= 11 is 0. The number of hydrogen-bond donors (Lipinski definition) is 0. The van der Waals surface area contributed by atoms with Crippen LogP contribution in [0.15, 0.2) is 48.7 Å². The molecule has 0 amide bonds. The van der Waals surface area contributed by atoms with Gasteiger partial charge in [0.15, 0.2) is 12.4 Å². The molecule has 1 heterocycles. The summed E-state index contributed by atoms with van der Waals surface area (Å²) < 4.78 is 10.6. The predicted molar refractivity (Wildman–Crippen MR) is 66.4 cm³/mol. The molecule has 0 aliphatic rings. The van der Waals surface area contributed by atoms with E-state index in [-0.39, 0.29) is 5.70 Å². The molecule has 0 spiro atoms. The van der Waals surface area contributed by atoms with Crippen molar-refractivity contribution in [1.82, 2.24) is 0 Å². The number of nitrogens with zero attached hydrogens (tertiary/aromatic N) is 1. The van der Waals surface area contributed by atoms with Crippen molar-refractivity contribution in [3.63, 3.8) is 0 Å². The minimum absolute atomic E-state index is 0.184. The van der Waals surface area contributed by atoms with Crippen molar-refractivity contribution in [2.24, 2.45) is 0 Å². The van der Waals surface area contributed by atoms with Crippen LogP contribution >= 0.6 is 0 Å². The second-order valence-corrected chi connectivity index (χ2v) is 3.81. The summed E-state index contributed by atoms with van der Waals surface area (Å²) in [6, 6.07) is 9.43. The molecule has 2 rings (SSSR count). The smallest absolute Gasteiger partial charge is 0.405 e. The van der Waals surface area contributed by atoms with Gasteiger partial charge in [0.05, 0.1) is 7.11 Å². The van der Waals surface area contributed by atoms with Crippen molar-refractivity contribution in [1.29, 1.82) is 0 Å². The van der Waals surface area contributed by atoms with Gasteiger partial charge in [-0.2, -0.15) is 4.57 Å². The van der Waals surface area contributed by atoms with E-state index in [4.69, 9.17) is 0 Å². The Hall–Kier alpha value is -2.56. The first kappa shape index (κ1) is 12.9. The number of esters is 1. The number of ether oxygens (including phenoxy) is 2. The number of hydrogen-bond acceptors (Lipinski definition) is 4. The minimum Gasteiger partial charge on any atom is -0.612 e. The number of carbonyl (C=O) groups excluding carboxylic acids is 1. The molecule has 5 nitrogen and oxygen atoms in total. The zero-order valence-electron chi connectivity index (χ0n) is 10.6. The second-order valence-electron chi connectivity index (χ2n) is 3.81. The van der Waals surface area contributed by atoms with Crippen molar-refractivity contribution in [2.75, 3.05) is 14.2 Å². The van der Waals surface area contributed by atoms with Crippen LogP contribution in [-0.2, 0) is 14.3 Å². The molecule has 2 aromatic rings. The average molecular weight is 259 g/mol. The molecule has 98 valence electrons. The molecule has 0 unspecified atom stereocenters. The van der Waals surface area contributed by atoms with Crippen LogP contribution in [0.25, 0.3) is 16.5 Å². The van der Waals surface area contributed by atoms with Crippen molar-refractivity contribution in [3.05, 3.63) is 48.7 Å². The van der Waals surface area contributed by atoms with Crippen LogP contribution in [0.4, 0.5) is 0 Å². The maximum atomic E-state index is 11.7. The molecule has 1 aromatic heterocycles. The summed E-state index contributed by atoms with van der Waals surface area (Å²) in [6.07, 6.45) is 3.30. The van der Waals surface area contributed by atoms with E-state index in [2.05, 4.69) is 9.47 Å². The Morgan fingerprint density at radius 3 is 2.42 bits per heavy atom. The third-order valence-electron chi connectivity index (χ3n) is 2.70. The standard InChI is InChI=1S/C14H13NO4/c1-18-13(16)12(14(17)19-2)15-8-7-10-5-3-4-6-11(10)9-15/h3-9H,1-2H3. The first-order valence-electron chi connectivity index (χ1n) is 5.61. The van der Waals surface area contributed by atoms with E-state index in [1.807, 2.05) is 24.3 Å². The van der Waals surface area contributed by atoms with Crippen molar-refractivity contribution >= 4 is 22.4 Å². The van der Waals surface area contributed by atoms with E-state index in [1.165, 1.54) is 18.8 Å². The molecule has 0 saturated carbocycles. The van der Waals surface area contributed by atoms with Crippen LogP contribution in [0.3, 0.4) is 0 Å². The normalized spacial score (nSPS) is 11.9. The van der Waals surface area contributed by atoms with Gasteiger partial charge in [0.25, 0.3) is 0 Å². The maximum absolute atomic E-state index is 11.7. The minimum atomic E-state index is -0.743. The first-order chi connectivity index (χ1) is 9.17. The zero-order chi connectivity index (χ0) is 13.8. The quantitative estimate of drug-likeness (QED) is 0.347. The predicted octanol–water partition coefficient (Wildman–Crippen LogP) is 0.433. The Kier molecular flexibility index (Phi) is 3.66. The second kappa shape index (κ2) is 5.39. The van der Waals surface area contributed by atoms with Gasteiger partial charge in [-0.1, -0.05) is 18.2 Å². The topological polar surface area (TPSA) is 62.5 Å². The number of rotatable bonds is 3. The van der Waals surface area contributed by atoms with Gasteiger partial charge in [-0.25, -0.2) is 4.79 Å². The van der Waals surface area contributed by atoms with Gasteiger partial charge >= 0.3 is 11.7 Å². The number of benzene rings is 1. The highest BCUT2D eigenvalue weighted by Crippen LogP contribution is 2.11. The van der Waals surface area contributed by atoms with E-state index in [1.54, 1.807) is 18.5 Å². The molecular formula is C14H13NO4. The SMILES string of the molecule is COC(=O)/C(=C(/[O-])OC)[n+]1ccc2ccccc2c1. The van der Waals surface area contributed by atoms with Gasteiger partial charge < -0.3 is 14.6 Å². The molecule has 0 aliphatic heterocycles. The summed E-state index contributed by atoms with van der Waals surface area (Å²) in [6.45, 7) is 0. The van der Waals surface area contributed by atoms with E-state index in [0.717, 1.165) is 10.8 Å². The number of pyridine rings is 1. The van der Waals surface area contributed by atoms with Gasteiger partial charge in [0.1, 0.15) is 5.95 Å². The number of fused-ring (bicyclic) bond motifs is 1. The molecule has 1 aromatic carbocycles. The van der Waals surface area contributed by atoms with Crippen LogP contribution < -0.4 is 9.67 Å². The monoisotopic (exact) mass is 259 g/mol. The average Bonchev–Trinajstić information content (AvgIpc) is 2.46. The van der Waals surface area contributed by atoms with Crippen molar-refractivity contribution < 1.29 is 23.9 Å². The molecule has 0 bridgehead atoms. The summed E-state index contributed by atoms with van der Waals surface area (Å²) in [5, 5.41) is 13.6. The van der Waals surface area contributed by atoms with Gasteiger partial charge in [0.2, 0.25) is 0 Å². The zero-order valence-corrected chi connectivity index (χ0v) is 10.6. The molecule has 0 saturated heterocycles. The largest absolute Gasteiger partial charge is 0.612 e. The van der Waals surface area contributed by atoms with E-state index >= 15 is 0 Å². The molecule has 0 fully saturated rings. The van der Waals surface area contributed by atoms with Crippen molar-refractivity contribution in [2.45, 2.75) is 0 Å². The van der Waals surface area contributed by atoms with E-state index < -0.39 is 11.9 Å². The Balaban J connectivity index is 2.60. The van der Waals surface area contributed by atoms with Gasteiger partial charge in [0, 0.05) is 11.5 Å². The Labute approximate surface area is 110 Å². The number of carbonyl (C=O) groups is 1. The lowest BCUT2D eigenvalue weighted by Gasteiger charge is -2.10. The van der Waals surface area contributed by atoms with Gasteiger partial charge in [-0.05, 0) is 18.6 Å². The lowest BCUT2D eigenvalue weighted by atomic mass is 10.2. The lowest BCUT2D eigenvalue weighted by Crippen LogP contribution is -2.39.